The maximum absolute atomic E-state index is 12.9. The van der Waals surface area contributed by atoms with Gasteiger partial charge < -0.3 is 14.7 Å². The van der Waals surface area contributed by atoms with E-state index >= 15 is 0 Å². The van der Waals surface area contributed by atoms with Crippen molar-refractivity contribution in [1.29, 1.82) is 0 Å². The first kappa shape index (κ1) is 15.4. The van der Waals surface area contributed by atoms with Crippen LogP contribution in [0, 0.1) is 11.6 Å². The molecule has 0 aromatic carbocycles. The molecular formula is C8H12F2NO5P2+. The molecule has 0 fully saturated rings. The smallest absolute Gasteiger partial charge is 0.344 e. The quantitative estimate of drug-likeness (QED) is 0.560. The van der Waals surface area contributed by atoms with E-state index in [0.29, 0.717) is 6.07 Å². The lowest BCUT2D eigenvalue weighted by Crippen LogP contribution is -2.40. The third-order valence-electron chi connectivity index (χ3n) is 2.17. The summed E-state index contributed by atoms with van der Waals surface area (Å²) in [4.78, 5) is 27.3. The van der Waals surface area contributed by atoms with E-state index in [0.717, 1.165) is 23.6 Å². The van der Waals surface area contributed by atoms with Crippen molar-refractivity contribution in [3.63, 3.8) is 0 Å². The van der Waals surface area contributed by atoms with Crippen LogP contribution in [-0.2, 0) is 15.7 Å². The molecule has 0 aliphatic heterocycles. The standard InChI is InChI=1S/C8H11F2NO5P2/c1-17(12,13)8(18(14,15)16)5-11-3-6(9)2-7(10)4-11/h2-4,8H,5H2,1H3,(H2-,12,13,14,15,16)/p+1. The molecule has 0 bridgehead atoms. The molecule has 1 aromatic rings. The van der Waals surface area contributed by atoms with Gasteiger partial charge in [0.15, 0.2) is 23.6 Å². The van der Waals surface area contributed by atoms with Crippen molar-refractivity contribution in [2.75, 3.05) is 6.66 Å². The average molecular weight is 302 g/mol. The Morgan fingerprint density at radius 2 is 1.67 bits per heavy atom. The summed E-state index contributed by atoms with van der Waals surface area (Å²) in [6.07, 6.45) is 1.56. The number of hydrogen-bond donors (Lipinski definition) is 3. The van der Waals surface area contributed by atoms with Crippen LogP contribution >= 0.6 is 15.0 Å². The van der Waals surface area contributed by atoms with E-state index in [-0.39, 0.29) is 0 Å². The van der Waals surface area contributed by atoms with Crippen LogP contribution in [-0.4, -0.2) is 26.7 Å². The first-order valence-electron chi connectivity index (χ1n) is 4.70. The second-order valence-corrected chi connectivity index (χ2v) is 8.60. The fourth-order valence-corrected chi connectivity index (χ4v) is 4.52. The maximum atomic E-state index is 12.9. The normalized spacial score (nSPS) is 17.2. The lowest BCUT2D eigenvalue weighted by atomic mass is 10.4. The highest BCUT2D eigenvalue weighted by Gasteiger charge is 2.44. The van der Waals surface area contributed by atoms with Crippen LogP contribution in [0.15, 0.2) is 18.5 Å². The van der Waals surface area contributed by atoms with E-state index in [2.05, 4.69) is 0 Å². The Bertz CT molecular complexity index is 498. The summed E-state index contributed by atoms with van der Waals surface area (Å²) in [5.74, 6) is -1.91. The Balaban J connectivity index is 3.12. The molecule has 0 saturated carbocycles. The van der Waals surface area contributed by atoms with Crippen LogP contribution < -0.4 is 4.57 Å². The predicted octanol–water partition coefficient (Wildman–Crippen LogP) is 0.656. The van der Waals surface area contributed by atoms with Gasteiger partial charge in [-0.05, 0) is 0 Å². The minimum atomic E-state index is -4.87. The Labute approximate surface area is 102 Å². The average Bonchev–Trinajstić information content (AvgIpc) is 2.08. The summed E-state index contributed by atoms with van der Waals surface area (Å²) >= 11 is 0. The molecule has 0 saturated heterocycles. The molecule has 0 spiro atoms. The zero-order chi connectivity index (χ0) is 14.1. The van der Waals surface area contributed by atoms with Gasteiger partial charge >= 0.3 is 7.60 Å². The van der Waals surface area contributed by atoms with Crippen LogP contribution in [0.5, 0.6) is 0 Å². The summed E-state index contributed by atoms with van der Waals surface area (Å²) in [6, 6.07) is 0.577. The van der Waals surface area contributed by atoms with Crippen molar-refractivity contribution in [3.05, 3.63) is 30.1 Å². The second kappa shape index (κ2) is 5.15. The van der Waals surface area contributed by atoms with Crippen molar-refractivity contribution >= 4 is 15.0 Å². The van der Waals surface area contributed by atoms with Gasteiger partial charge in [0.05, 0.1) is 0 Å². The summed E-state index contributed by atoms with van der Waals surface area (Å²) < 4.78 is 49.1. The minimum absolute atomic E-state index is 0.577. The molecule has 0 aliphatic rings. The van der Waals surface area contributed by atoms with Crippen molar-refractivity contribution in [3.8, 4) is 0 Å². The van der Waals surface area contributed by atoms with E-state index in [9.17, 15) is 22.8 Å². The highest BCUT2D eigenvalue weighted by Crippen LogP contribution is 2.60. The lowest BCUT2D eigenvalue weighted by Gasteiger charge is -2.18. The fourth-order valence-electron chi connectivity index (χ4n) is 1.39. The van der Waals surface area contributed by atoms with Crippen LogP contribution in [0.2, 0.25) is 0 Å². The molecule has 1 aromatic heterocycles. The molecule has 6 nitrogen and oxygen atoms in total. The molecule has 18 heavy (non-hydrogen) atoms. The third kappa shape index (κ3) is 4.23. The van der Waals surface area contributed by atoms with Crippen LogP contribution in [0.25, 0.3) is 0 Å². The number of nitrogens with zero attached hydrogens (tertiary/aromatic N) is 1. The molecular weight excluding hydrogens is 290 g/mol. The van der Waals surface area contributed by atoms with Gasteiger partial charge in [-0.15, -0.1) is 0 Å². The van der Waals surface area contributed by atoms with E-state index in [1.54, 1.807) is 0 Å². The summed E-state index contributed by atoms with van der Waals surface area (Å²) in [7, 11) is -8.99. The molecule has 0 amide bonds. The summed E-state index contributed by atoms with van der Waals surface area (Å²) in [5, 5.41) is -1.91. The van der Waals surface area contributed by atoms with Crippen LogP contribution in [0.1, 0.15) is 0 Å². The molecule has 1 rings (SSSR count). The molecule has 10 heteroatoms. The van der Waals surface area contributed by atoms with E-state index in [1.165, 1.54) is 0 Å². The largest absolute Gasteiger partial charge is 0.344 e. The van der Waals surface area contributed by atoms with Crippen molar-refractivity contribution in [2.24, 2.45) is 0 Å². The van der Waals surface area contributed by atoms with Crippen molar-refractivity contribution in [2.45, 2.75) is 11.9 Å². The van der Waals surface area contributed by atoms with Gasteiger partial charge in [-0.1, -0.05) is 0 Å². The first-order chi connectivity index (χ1) is 8.00. The van der Waals surface area contributed by atoms with Crippen molar-refractivity contribution in [1.82, 2.24) is 0 Å². The molecule has 0 aliphatic carbocycles. The molecule has 2 atom stereocenters. The molecule has 1 heterocycles. The van der Waals surface area contributed by atoms with Crippen LogP contribution in [0.3, 0.4) is 0 Å². The number of halogens is 2. The molecule has 2 unspecified atom stereocenters. The highest BCUT2D eigenvalue weighted by molar-refractivity contribution is 7.73. The third-order valence-corrected chi connectivity index (χ3v) is 6.57. The highest BCUT2D eigenvalue weighted by atomic mass is 31.2. The molecule has 0 radical (unpaired) electrons. The minimum Gasteiger partial charge on any atom is -0.344 e. The van der Waals surface area contributed by atoms with Gasteiger partial charge in [0.2, 0.25) is 19.8 Å². The molecule has 102 valence electrons. The zero-order valence-electron chi connectivity index (χ0n) is 9.27. The maximum Gasteiger partial charge on any atom is 0.344 e. The summed E-state index contributed by atoms with van der Waals surface area (Å²) in [6.45, 7) is 0.121. The predicted molar refractivity (Wildman–Crippen MR) is 58.1 cm³/mol. The van der Waals surface area contributed by atoms with E-state index in [1.807, 2.05) is 0 Å². The van der Waals surface area contributed by atoms with Gasteiger partial charge in [-0.3, -0.25) is 9.13 Å². The Hall–Kier alpha value is -0.650. The number of aromatic nitrogens is 1. The first-order valence-corrected chi connectivity index (χ1v) is 8.56. The van der Waals surface area contributed by atoms with E-state index in [4.69, 9.17) is 9.79 Å². The monoisotopic (exact) mass is 302 g/mol. The topological polar surface area (TPSA) is 98.7 Å². The SMILES string of the molecule is CP(=O)(O)C(C[n+]1cc(F)cc(F)c1)P(=O)(O)O. The van der Waals surface area contributed by atoms with Gasteiger partial charge in [0.25, 0.3) is 0 Å². The number of hydrogen-bond acceptors (Lipinski definition) is 2. The van der Waals surface area contributed by atoms with E-state index < -0.39 is 38.5 Å². The summed E-state index contributed by atoms with van der Waals surface area (Å²) in [5.41, 5.74) is 0. The molecule has 3 N–H and O–H groups in total. The Kier molecular flexibility index (Phi) is 4.41. The van der Waals surface area contributed by atoms with Crippen LogP contribution in [0.4, 0.5) is 8.78 Å². The Morgan fingerprint density at radius 1 is 1.22 bits per heavy atom. The second-order valence-electron chi connectivity index (χ2n) is 3.88. The Morgan fingerprint density at radius 3 is 2.00 bits per heavy atom. The van der Waals surface area contributed by atoms with Crippen molar-refractivity contribution < 1.29 is 37.2 Å². The van der Waals surface area contributed by atoms with Gasteiger partial charge in [-0.2, -0.15) is 4.57 Å². The number of rotatable bonds is 4. The van der Waals surface area contributed by atoms with Gasteiger partial charge in [0.1, 0.15) is 0 Å². The zero-order valence-corrected chi connectivity index (χ0v) is 11.1. The fraction of sp³-hybridized carbons (Fsp3) is 0.375. The van der Waals surface area contributed by atoms with Gasteiger partial charge in [0, 0.05) is 12.7 Å². The lowest BCUT2D eigenvalue weighted by molar-refractivity contribution is -0.697. The number of pyridine rings is 1. The van der Waals surface area contributed by atoms with Gasteiger partial charge in [-0.25, -0.2) is 8.78 Å².